The molecule has 0 bridgehead atoms. The second-order valence-corrected chi connectivity index (χ2v) is 8.11. The number of para-hydroxylation sites is 2. The van der Waals surface area contributed by atoms with Crippen LogP contribution in [0.1, 0.15) is 0 Å². The van der Waals surface area contributed by atoms with Crippen LogP contribution < -0.4 is 9.80 Å². The maximum absolute atomic E-state index is 14.3. The zero-order valence-corrected chi connectivity index (χ0v) is 17.7. The molecule has 7 heteroatoms. The molecule has 0 atom stereocenters. The summed E-state index contributed by atoms with van der Waals surface area (Å²) in [7, 11) is 0. The van der Waals surface area contributed by atoms with Gasteiger partial charge in [0, 0.05) is 43.0 Å². The largest absolute Gasteiger partial charge is 0.453 e. The van der Waals surface area contributed by atoms with Crippen LogP contribution in [-0.4, -0.2) is 36.1 Å². The molecule has 3 aromatic carbocycles. The van der Waals surface area contributed by atoms with E-state index in [4.69, 9.17) is 14.4 Å². The molecule has 1 aliphatic rings. The van der Waals surface area contributed by atoms with E-state index in [9.17, 15) is 8.78 Å². The molecule has 0 saturated carbocycles. The minimum atomic E-state index is -0.569. The Labute approximate surface area is 188 Å². The fourth-order valence-corrected chi connectivity index (χ4v) is 4.40. The lowest BCUT2D eigenvalue weighted by Gasteiger charge is -2.37. The summed E-state index contributed by atoms with van der Waals surface area (Å²) >= 11 is 0. The number of furan rings is 1. The Morgan fingerprint density at radius 1 is 0.758 bits per heavy atom. The first-order chi connectivity index (χ1) is 16.2. The molecule has 33 heavy (non-hydrogen) atoms. The molecular weight excluding hydrogens is 422 g/mol. The van der Waals surface area contributed by atoms with Crippen LogP contribution in [0.25, 0.3) is 33.5 Å². The van der Waals surface area contributed by atoms with Gasteiger partial charge in [0.05, 0.1) is 11.2 Å². The number of nitrogens with zero attached hydrogens (tertiary/aromatic N) is 4. The summed E-state index contributed by atoms with van der Waals surface area (Å²) in [6, 6.07) is 21.4. The van der Waals surface area contributed by atoms with E-state index < -0.39 is 11.6 Å². The number of hydrogen-bond donors (Lipinski definition) is 0. The van der Waals surface area contributed by atoms with Crippen molar-refractivity contribution in [3.05, 3.63) is 84.4 Å². The Balaban J connectivity index is 1.35. The zero-order valence-electron chi connectivity index (χ0n) is 17.7. The predicted molar refractivity (Wildman–Crippen MR) is 126 cm³/mol. The van der Waals surface area contributed by atoms with Crippen LogP contribution in [0.3, 0.4) is 0 Å². The molecule has 0 N–H and O–H groups in total. The summed E-state index contributed by atoms with van der Waals surface area (Å²) in [6.45, 7) is 2.50. The van der Waals surface area contributed by atoms with E-state index in [1.807, 2.05) is 59.5 Å². The van der Waals surface area contributed by atoms with Crippen molar-refractivity contribution in [2.75, 3.05) is 36.0 Å². The highest BCUT2D eigenvalue weighted by atomic mass is 19.1. The molecule has 0 radical (unpaired) electrons. The predicted octanol–water partition coefficient (Wildman–Crippen LogP) is 5.65. The number of benzene rings is 3. The number of anilines is 2. The molecule has 164 valence electrons. The lowest BCUT2D eigenvalue weighted by molar-refractivity contribution is 0.570. The SMILES string of the molecule is Fc1ccc(N2CCN(c3nc(-c4cc5ccccc5o4)nc4ccccc34)CC2)c(F)c1. The number of piperazine rings is 1. The standard InChI is InChI=1S/C26H20F2N4O/c27-18-9-10-22(20(28)16-18)31-11-13-32(14-12-31)26-19-6-2-3-7-21(19)29-25(30-26)24-15-17-5-1-4-8-23(17)33-24/h1-10,15-16H,11-14H2. The molecule has 1 saturated heterocycles. The first kappa shape index (κ1) is 19.7. The summed E-state index contributed by atoms with van der Waals surface area (Å²) < 4.78 is 33.6. The lowest BCUT2D eigenvalue weighted by atomic mass is 10.2. The summed E-state index contributed by atoms with van der Waals surface area (Å²) in [5, 5.41) is 1.96. The van der Waals surface area contributed by atoms with Gasteiger partial charge in [0.15, 0.2) is 11.6 Å². The minimum absolute atomic E-state index is 0.423. The second kappa shape index (κ2) is 7.85. The van der Waals surface area contributed by atoms with Gasteiger partial charge < -0.3 is 14.2 Å². The normalized spacial score (nSPS) is 14.4. The molecule has 1 fully saturated rings. The highest BCUT2D eigenvalue weighted by molar-refractivity contribution is 5.91. The Kier molecular flexibility index (Phi) is 4.68. The Bertz CT molecular complexity index is 1440. The maximum atomic E-state index is 14.3. The topological polar surface area (TPSA) is 45.4 Å². The number of fused-ring (bicyclic) bond motifs is 2. The average molecular weight is 442 g/mol. The Morgan fingerprint density at radius 2 is 1.52 bits per heavy atom. The number of aromatic nitrogens is 2. The molecule has 5 aromatic rings. The van der Waals surface area contributed by atoms with Crippen molar-refractivity contribution in [1.29, 1.82) is 0 Å². The van der Waals surface area contributed by atoms with Crippen LogP contribution in [0.2, 0.25) is 0 Å². The van der Waals surface area contributed by atoms with Crippen molar-refractivity contribution in [3.8, 4) is 11.6 Å². The van der Waals surface area contributed by atoms with Crippen LogP contribution in [0.4, 0.5) is 20.3 Å². The van der Waals surface area contributed by atoms with Crippen molar-refractivity contribution in [2.24, 2.45) is 0 Å². The van der Waals surface area contributed by atoms with E-state index in [0.717, 1.165) is 33.8 Å². The third-order valence-electron chi connectivity index (χ3n) is 6.06. The van der Waals surface area contributed by atoms with Crippen molar-refractivity contribution in [1.82, 2.24) is 9.97 Å². The van der Waals surface area contributed by atoms with E-state index in [-0.39, 0.29) is 0 Å². The quantitative estimate of drug-likeness (QED) is 0.361. The van der Waals surface area contributed by atoms with Gasteiger partial charge in [-0.2, -0.15) is 0 Å². The maximum Gasteiger partial charge on any atom is 0.198 e. The van der Waals surface area contributed by atoms with Crippen molar-refractivity contribution >= 4 is 33.4 Å². The second-order valence-electron chi connectivity index (χ2n) is 8.11. The van der Waals surface area contributed by atoms with E-state index in [2.05, 4.69) is 4.90 Å². The van der Waals surface area contributed by atoms with Gasteiger partial charge in [0.1, 0.15) is 23.0 Å². The number of rotatable bonds is 3. The third-order valence-corrected chi connectivity index (χ3v) is 6.06. The Morgan fingerprint density at radius 3 is 2.33 bits per heavy atom. The molecule has 5 nitrogen and oxygen atoms in total. The molecule has 0 amide bonds. The minimum Gasteiger partial charge on any atom is -0.453 e. The molecule has 0 spiro atoms. The fourth-order valence-electron chi connectivity index (χ4n) is 4.40. The van der Waals surface area contributed by atoms with Gasteiger partial charge >= 0.3 is 0 Å². The van der Waals surface area contributed by atoms with Crippen LogP contribution in [-0.2, 0) is 0 Å². The first-order valence-corrected chi connectivity index (χ1v) is 10.9. The van der Waals surface area contributed by atoms with Gasteiger partial charge in [-0.25, -0.2) is 18.7 Å². The van der Waals surface area contributed by atoms with Gasteiger partial charge in [-0.1, -0.05) is 30.3 Å². The lowest BCUT2D eigenvalue weighted by Crippen LogP contribution is -2.47. The van der Waals surface area contributed by atoms with E-state index >= 15 is 0 Å². The Hall–Kier alpha value is -4.00. The molecule has 3 heterocycles. The molecule has 0 unspecified atom stereocenters. The van der Waals surface area contributed by atoms with E-state index in [1.54, 1.807) is 0 Å². The highest BCUT2D eigenvalue weighted by Crippen LogP contribution is 2.32. The summed E-state index contributed by atoms with van der Waals surface area (Å²) in [6.07, 6.45) is 0. The molecular formula is C26H20F2N4O. The average Bonchev–Trinajstić information content (AvgIpc) is 3.28. The van der Waals surface area contributed by atoms with Gasteiger partial charge in [0.25, 0.3) is 0 Å². The van der Waals surface area contributed by atoms with Crippen molar-refractivity contribution < 1.29 is 13.2 Å². The smallest absolute Gasteiger partial charge is 0.198 e. The zero-order chi connectivity index (χ0) is 22.4. The highest BCUT2D eigenvalue weighted by Gasteiger charge is 2.23. The monoisotopic (exact) mass is 442 g/mol. The summed E-state index contributed by atoms with van der Waals surface area (Å²) in [5.41, 5.74) is 2.05. The molecule has 0 aliphatic carbocycles. The number of halogens is 2. The van der Waals surface area contributed by atoms with Crippen LogP contribution in [0.5, 0.6) is 0 Å². The fraction of sp³-hybridized carbons (Fsp3) is 0.154. The van der Waals surface area contributed by atoms with Gasteiger partial charge in [-0.05, 0) is 36.4 Å². The molecule has 2 aromatic heterocycles. The van der Waals surface area contributed by atoms with Gasteiger partial charge in [0.2, 0.25) is 0 Å². The molecule has 1 aliphatic heterocycles. The third kappa shape index (κ3) is 3.55. The van der Waals surface area contributed by atoms with Crippen molar-refractivity contribution in [2.45, 2.75) is 0 Å². The van der Waals surface area contributed by atoms with Crippen molar-refractivity contribution in [3.63, 3.8) is 0 Å². The van der Waals surface area contributed by atoms with Crippen LogP contribution in [0.15, 0.2) is 77.2 Å². The number of hydrogen-bond acceptors (Lipinski definition) is 5. The first-order valence-electron chi connectivity index (χ1n) is 10.9. The van der Waals surface area contributed by atoms with Gasteiger partial charge in [-0.3, -0.25) is 0 Å². The van der Waals surface area contributed by atoms with Crippen LogP contribution in [0, 0.1) is 11.6 Å². The van der Waals surface area contributed by atoms with Crippen LogP contribution >= 0.6 is 0 Å². The molecule has 6 rings (SSSR count). The summed E-state index contributed by atoms with van der Waals surface area (Å²) in [4.78, 5) is 13.8. The van der Waals surface area contributed by atoms with Gasteiger partial charge in [-0.15, -0.1) is 0 Å². The van der Waals surface area contributed by atoms with E-state index in [1.165, 1.54) is 12.1 Å². The summed E-state index contributed by atoms with van der Waals surface area (Å²) in [5.74, 6) is 0.876. The van der Waals surface area contributed by atoms with E-state index in [0.29, 0.717) is 43.5 Å².